The van der Waals surface area contributed by atoms with Crippen molar-refractivity contribution < 1.29 is 0 Å². The van der Waals surface area contributed by atoms with Crippen LogP contribution in [0.1, 0.15) is 112 Å². The Bertz CT molecular complexity index is 3120. The van der Waals surface area contributed by atoms with E-state index in [-0.39, 0.29) is 0 Å². The molecule has 0 fully saturated rings. The van der Waals surface area contributed by atoms with Gasteiger partial charge in [0.15, 0.2) is 0 Å². The quantitative estimate of drug-likeness (QED) is 0.127. The Morgan fingerprint density at radius 3 is 1.05 bits per heavy atom. The molecular formula is C62H60N2. The second-order valence-corrected chi connectivity index (χ2v) is 19.4. The Kier molecular flexibility index (Phi) is 10.5. The maximum atomic E-state index is 2.58. The van der Waals surface area contributed by atoms with Crippen molar-refractivity contribution in [2.75, 3.05) is 9.80 Å². The zero-order valence-corrected chi connectivity index (χ0v) is 39.2. The lowest BCUT2D eigenvalue weighted by Gasteiger charge is -2.33. The molecule has 10 aromatic carbocycles. The van der Waals surface area contributed by atoms with Gasteiger partial charge in [-0.1, -0.05) is 177 Å². The highest BCUT2D eigenvalue weighted by molar-refractivity contribution is 6.30. The number of fused-ring (bicyclic) bond motifs is 2. The number of hydrogen-bond acceptors (Lipinski definition) is 2. The highest BCUT2D eigenvalue weighted by atomic mass is 15.2. The van der Waals surface area contributed by atoms with Crippen molar-refractivity contribution >= 4 is 88.0 Å². The Balaban J connectivity index is 1.35. The molecule has 0 aliphatic carbocycles. The van der Waals surface area contributed by atoms with Gasteiger partial charge in [0.25, 0.3) is 0 Å². The van der Waals surface area contributed by atoms with Crippen molar-refractivity contribution in [3.05, 3.63) is 191 Å². The van der Waals surface area contributed by atoms with Crippen molar-refractivity contribution in [1.29, 1.82) is 0 Å². The summed E-state index contributed by atoms with van der Waals surface area (Å²) in [6.45, 7) is 23.1. The first-order chi connectivity index (χ1) is 30.9. The fraction of sp³-hybridized carbons (Fsp3) is 0.226. The molecule has 0 aliphatic heterocycles. The molecule has 10 rings (SSSR count). The fourth-order valence-electron chi connectivity index (χ4n) is 10.5. The summed E-state index contributed by atoms with van der Waals surface area (Å²) in [7, 11) is 0. The molecule has 0 N–H and O–H groups in total. The normalized spacial score (nSPS) is 12.2. The van der Waals surface area contributed by atoms with Gasteiger partial charge in [-0.25, -0.2) is 0 Å². The van der Waals surface area contributed by atoms with E-state index in [1.165, 1.54) is 121 Å². The van der Waals surface area contributed by atoms with Crippen molar-refractivity contribution in [2.45, 2.75) is 92.9 Å². The predicted octanol–water partition coefficient (Wildman–Crippen LogP) is 18.9. The summed E-state index contributed by atoms with van der Waals surface area (Å²) in [6, 6.07) is 60.3. The van der Waals surface area contributed by atoms with Crippen LogP contribution in [-0.4, -0.2) is 0 Å². The summed E-state index contributed by atoms with van der Waals surface area (Å²) in [4.78, 5) is 5.15. The van der Waals surface area contributed by atoms with Crippen LogP contribution in [0.4, 0.5) is 34.1 Å². The summed E-state index contributed by atoms with van der Waals surface area (Å²) in [6.07, 6.45) is 0. The Morgan fingerprint density at radius 1 is 0.328 bits per heavy atom. The topological polar surface area (TPSA) is 6.48 Å². The number of aryl methyl sites for hydroxylation is 2. The average Bonchev–Trinajstić information content (AvgIpc) is 3.30. The largest absolute Gasteiger partial charge is 0.309 e. The van der Waals surface area contributed by atoms with Gasteiger partial charge >= 0.3 is 0 Å². The molecule has 10 aromatic rings. The van der Waals surface area contributed by atoms with Crippen LogP contribution in [0.25, 0.3) is 53.9 Å². The third-order valence-electron chi connectivity index (χ3n) is 13.9. The molecule has 2 nitrogen and oxygen atoms in total. The minimum Gasteiger partial charge on any atom is -0.309 e. The van der Waals surface area contributed by atoms with Gasteiger partial charge in [-0.05, 0) is 140 Å². The van der Waals surface area contributed by atoms with Gasteiger partial charge in [0.1, 0.15) is 0 Å². The number of hydrogen-bond donors (Lipinski definition) is 0. The number of rotatable bonds is 10. The molecule has 0 aliphatic rings. The van der Waals surface area contributed by atoms with Gasteiger partial charge in [0.2, 0.25) is 0 Å². The van der Waals surface area contributed by atoms with Gasteiger partial charge < -0.3 is 9.80 Å². The molecule has 0 unspecified atom stereocenters. The molecule has 2 heteroatoms. The van der Waals surface area contributed by atoms with E-state index in [1.807, 2.05) is 0 Å². The van der Waals surface area contributed by atoms with Crippen LogP contribution >= 0.6 is 0 Å². The molecule has 64 heavy (non-hydrogen) atoms. The molecule has 0 heterocycles. The summed E-state index contributed by atoms with van der Waals surface area (Å²) >= 11 is 0. The fourth-order valence-corrected chi connectivity index (χ4v) is 10.5. The van der Waals surface area contributed by atoms with E-state index >= 15 is 0 Å². The lowest BCUT2D eigenvalue weighted by atomic mass is 9.83. The Labute approximate surface area is 380 Å². The van der Waals surface area contributed by atoms with Crippen molar-refractivity contribution in [3.8, 4) is 0 Å². The van der Waals surface area contributed by atoms with E-state index in [4.69, 9.17) is 0 Å². The van der Waals surface area contributed by atoms with Gasteiger partial charge in [0.05, 0.1) is 22.7 Å². The van der Waals surface area contributed by atoms with Crippen molar-refractivity contribution in [1.82, 2.24) is 0 Å². The smallest absolute Gasteiger partial charge is 0.0569 e. The van der Waals surface area contributed by atoms with Gasteiger partial charge in [-0.2, -0.15) is 0 Å². The Hall–Kier alpha value is -6.64. The van der Waals surface area contributed by atoms with Crippen LogP contribution in [-0.2, 0) is 0 Å². The average molecular weight is 833 g/mol. The maximum absolute atomic E-state index is 2.58. The van der Waals surface area contributed by atoms with Crippen LogP contribution in [0.5, 0.6) is 0 Å². The molecule has 0 radical (unpaired) electrons. The van der Waals surface area contributed by atoms with E-state index in [9.17, 15) is 0 Å². The van der Waals surface area contributed by atoms with E-state index < -0.39 is 0 Å². The molecule has 318 valence electrons. The standard InChI is InChI=1S/C62H60N2/c1-37(2)43-23-27-47(28-24-43)63(61-41(9)19-21-45-15-11-13-17-49(45)61)57-35-55(39(5)6)51-32-34-54-58(36-56(40(7)8)52-31-33-53(57)59(51)60(52)54)64(48-29-25-44(26-30-48)38(3)4)62-42(10)20-22-46-16-12-14-18-50(46)62/h11-40H,1-10H3. The monoisotopic (exact) mass is 832 g/mol. The molecule has 0 bridgehead atoms. The number of nitrogens with zero attached hydrogens (tertiary/aromatic N) is 2. The SMILES string of the molecule is Cc1ccc2ccccc2c1N(c1ccc(C(C)C)cc1)c1cc(C(C)C)c2ccc3c(N(c4ccc(C(C)C)cc4)c4c(C)ccc5ccccc45)cc(C(C)C)c4ccc1c2c43. The number of benzene rings is 10. The molecule has 0 aromatic heterocycles. The van der Waals surface area contributed by atoms with Crippen molar-refractivity contribution in [3.63, 3.8) is 0 Å². The summed E-state index contributed by atoms with van der Waals surface area (Å²) in [5.74, 6) is 1.47. The first-order valence-electron chi connectivity index (χ1n) is 23.5. The Morgan fingerprint density at radius 2 is 0.688 bits per heavy atom. The second-order valence-electron chi connectivity index (χ2n) is 19.4. The molecule has 0 atom stereocenters. The van der Waals surface area contributed by atoms with Crippen LogP contribution < -0.4 is 9.80 Å². The van der Waals surface area contributed by atoms with Gasteiger partial charge in [-0.3, -0.25) is 0 Å². The molecular weight excluding hydrogens is 773 g/mol. The summed E-state index contributed by atoms with van der Waals surface area (Å²) in [5, 5.41) is 12.9. The highest BCUT2D eigenvalue weighted by Gasteiger charge is 2.28. The first-order valence-corrected chi connectivity index (χ1v) is 23.5. The van der Waals surface area contributed by atoms with Crippen LogP contribution in [0.15, 0.2) is 158 Å². The lowest BCUT2D eigenvalue weighted by Crippen LogP contribution is -2.15. The predicted molar refractivity (Wildman–Crippen MR) is 280 cm³/mol. The highest BCUT2D eigenvalue weighted by Crippen LogP contribution is 2.53. The van der Waals surface area contributed by atoms with Gasteiger partial charge in [-0.15, -0.1) is 0 Å². The first kappa shape index (κ1) is 41.4. The molecule has 0 saturated heterocycles. The van der Waals surface area contributed by atoms with E-state index in [0.29, 0.717) is 23.7 Å². The minimum absolute atomic E-state index is 0.292. The minimum atomic E-state index is 0.292. The zero-order chi connectivity index (χ0) is 44.6. The lowest BCUT2D eigenvalue weighted by molar-refractivity contribution is 0.866. The van der Waals surface area contributed by atoms with Gasteiger partial charge in [0, 0.05) is 32.9 Å². The third-order valence-corrected chi connectivity index (χ3v) is 13.9. The molecule has 0 amide bonds. The van der Waals surface area contributed by atoms with Crippen LogP contribution in [0, 0.1) is 13.8 Å². The van der Waals surface area contributed by atoms with Crippen LogP contribution in [0.3, 0.4) is 0 Å². The summed E-state index contributed by atoms with van der Waals surface area (Å²) in [5.41, 5.74) is 15.1. The zero-order valence-electron chi connectivity index (χ0n) is 39.2. The van der Waals surface area contributed by atoms with E-state index in [0.717, 1.165) is 0 Å². The van der Waals surface area contributed by atoms with Crippen LogP contribution in [0.2, 0.25) is 0 Å². The van der Waals surface area contributed by atoms with E-state index in [2.05, 4.69) is 237 Å². The maximum Gasteiger partial charge on any atom is 0.0569 e. The third kappa shape index (κ3) is 6.78. The molecule has 0 saturated carbocycles. The second kappa shape index (κ2) is 16.2. The van der Waals surface area contributed by atoms with E-state index in [1.54, 1.807) is 0 Å². The number of anilines is 6. The van der Waals surface area contributed by atoms with Crippen molar-refractivity contribution in [2.24, 2.45) is 0 Å². The molecule has 0 spiro atoms. The summed E-state index contributed by atoms with van der Waals surface area (Å²) < 4.78 is 0.